The van der Waals surface area contributed by atoms with E-state index in [1.54, 1.807) is 24.5 Å². The van der Waals surface area contributed by atoms with Gasteiger partial charge in [-0.05, 0) is 56.5 Å². The van der Waals surface area contributed by atoms with E-state index in [0.717, 1.165) is 32.6 Å². The number of carbonyl (C=O) groups is 1. The second kappa shape index (κ2) is 7.62. The minimum atomic E-state index is -0.00939. The predicted molar refractivity (Wildman–Crippen MR) is 94.8 cm³/mol. The molecule has 2 aromatic rings. The van der Waals surface area contributed by atoms with Gasteiger partial charge in [-0.15, -0.1) is 0 Å². The monoisotopic (exact) mass is 326 g/mol. The van der Waals surface area contributed by atoms with E-state index in [-0.39, 0.29) is 5.91 Å². The lowest BCUT2D eigenvalue weighted by Crippen LogP contribution is -2.30. The van der Waals surface area contributed by atoms with Gasteiger partial charge in [-0.2, -0.15) is 0 Å². The van der Waals surface area contributed by atoms with Gasteiger partial charge in [0.1, 0.15) is 0 Å². The molecule has 1 saturated heterocycles. The summed E-state index contributed by atoms with van der Waals surface area (Å²) in [5, 5.41) is 3.05. The van der Waals surface area contributed by atoms with Crippen LogP contribution in [0.5, 0.6) is 0 Å². The molecule has 1 atom stereocenters. The van der Waals surface area contributed by atoms with Crippen LogP contribution < -0.4 is 5.32 Å². The molecule has 5 heteroatoms. The van der Waals surface area contributed by atoms with Gasteiger partial charge >= 0.3 is 0 Å². The van der Waals surface area contributed by atoms with Crippen molar-refractivity contribution >= 4 is 5.91 Å². The number of nitrogens with zero attached hydrogens (tertiary/aromatic N) is 3. The van der Waals surface area contributed by atoms with Crippen molar-refractivity contribution in [3.8, 4) is 0 Å². The Hall–Kier alpha value is -2.14. The molecule has 1 aliphatic heterocycles. The molecule has 2 aromatic heterocycles. The first-order valence-electron chi connectivity index (χ1n) is 8.69. The van der Waals surface area contributed by atoms with Gasteiger partial charge in [0, 0.05) is 56.0 Å². The predicted octanol–water partition coefficient (Wildman–Crippen LogP) is 2.72. The van der Waals surface area contributed by atoms with E-state index in [9.17, 15) is 4.79 Å². The minimum Gasteiger partial charge on any atom is -0.352 e. The van der Waals surface area contributed by atoms with Crippen LogP contribution in [0, 0.1) is 5.92 Å². The van der Waals surface area contributed by atoms with Gasteiger partial charge in [-0.1, -0.05) is 0 Å². The SMILES string of the molecule is CC(C)n1ccc(CN2CCC(CNC(=O)c3ccncc3)C2)c1. The van der Waals surface area contributed by atoms with E-state index in [4.69, 9.17) is 0 Å². The van der Waals surface area contributed by atoms with Crippen LogP contribution >= 0.6 is 0 Å². The number of amides is 1. The first-order chi connectivity index (χ1) is 11.6. The Labute approximate surface area is 143 Å². The molecule has 3 heterocycles. The van der Waals surface area contributed by atoms with Crippen LogP contribution in [0.2, 0.25) is 0 Å². The second-order valence-electron chi connectivity index (χ2n) is 6.90. The van der Waals surface area contributed by atoms with E-state index in [0.29, 0.717) is 17.5 Å². The van der Waals surface area contributed by atoms with Crippen LogP contribution in [0.1, 0.15) is 42.2 Å². The number of rotatable bonds is 6. The van der Waals surface area contributed by atoms with Crippen LogP contribution in [-0.2, 0) is 6.54 Å². The molecule has 3 rings (SSSR count). The largest absolute Gasteiger partial charge is 0.352 e. The average Bonchev–Trinajstić information content (AvgIpc) is 3.23. The molecular formula is C19H26N4O. The number of nitrogens with one attached hydrogen (secondary N) is 1. The number of carbonyl (C=O) groups excluding carboxylic acids is 1. The minimum absolute atomic E-state index is 0.00939. The number of likely N-dealkylation sites (tertiary alicyclic amines) is 1. The molecule has 1 aliphatic rings. The quantitative estimate of drug-likeness (QED) is 0.888. The molecule has 128 valence electrons. The standard InChI is InChI=1S/C19H26N4O/c1-15(2)23-10-6-17(14-23)13-22-9-5-16(12-22)11-21-19(24)18-3-7-20-8-4-18/h3-4,6-8,10,14-16H,5,9,11-13H2,1-2H3,(H,21,24). The lowest BCUT2D eigenvalue weighted by molar-refractivity contribution is 0.0947. The highest BCUT2D eigenvalue weighted by molar-refractivity contribution is 5.93. The van der Waals surface area contributed by atoms with Crippen molar-refractivity contribution in [1.29, 1.82) is 0 Å². The fraction of sp³-hybridized carbons (Fsp3) is 0.474. The molecule has 1 amide bonds. The van der Waals surface area contributed by atoms with E-state index in [1.165, 1.54) is 5.56 Å². The summed E-state index contributed by atoms with van der Waals surface area (Å²) >= 11 is 0. The van der Waals surface area contributed by atoms with E-state index in [1.807, 2.05) is 0 Å². The fourth-order valence-corrected chi connectivity index (χ4v) is 3.20. The van der Waals surface area contributed by atoms with Gasteiger partial charge < -0.3 is 9.88 Å². The summed E-state index contributed by atoms with van der Waals surface area (Å²) in [6.45, 7) is 8.27. The van der Waals surface area contributed by atoms with Crippen LogP contribution in [0.3, 0.4) is 0 Å². The van der Waals surface area contributed by atoms with Gasteiger partial charge in [-0.25, -0.2) is 0 Å². The molecule has 5 nitrogen and oxygen atoms in total. The Bertz CT molecular complexity index is 665. The highest BCUT2D eigenvalue weighted by Gasteiger charge is 2.23. The molecule has 1 unspecified atom stereocenters. The first kappa shape index (κ1) is 16.7. The Morgan fingerprint density at radius 2 is 2.12 bits per heavy atom. The number of hydrogen-bond donors (Lipinski definition) is 1. The van der Waals surface area contributed by atoms with E-state index < -0.39 is 0 Å². The Morgan fingerprint density at radius 3 is 2.83 bits per heavy atom. The van der Waals surface area contributed by atoms with Crippen LogP contribution in [0.15, 0.2) is 43.0 Å². The number of hydrogen-bond acceptors (Lipinski definition) is 3. The molecule has 0 aromatic carbocycles. The lowest BCUT2D eigenvalue weighted by Gasteiger charge is -2.16. The highest BCUT2D eigenvalue weighted by Crippen LogP contribution is 2.19. The van der Waals surface area contributed by atoms with Gasteiger partial charge in [0.25, 0.3) is 5.91 Å². The van der Waals surface area contributed by atoms with Crippen LogP contribution in [0.25, 0.3) is 0 Å². The van der Waals surface area contributed by atoms with Crippen molar-refractivity contribution in [3.63, 3.8) is 0 Å². The third kappa shape index (κ3) is 4.23. The van der Waals surface area contributed by atoms with Crippen molar-refractivity contribution in [2.24, 2.45) is 5.92 Å². The summed E-state index contributed by atoms with van der Waals surface area (Å²) in [6.07, 6.45) is 8.83. The second-order valence-corrected chi connectivity index (χ2v) is 6.90. The molecule has 24 heavy (non-hydrogen) atoms. The number of pyridine rings is 1. The molecule has 0 radical (unpaired) electrons. The van der Waals surface area contributed by atoms with Gasteiger partial charge in [-0.3, -0.25) is 14.7 Å². The molecule has 0 bridgehead atoms. The molecule has 1 fully saturated rings. The van der Waals surface area contributed by atoms with Gasteiger partial charge in [0.05, 0.1) is 0 Å². The molecule has 1 N–H and O–H groups in total. The maximum Gasteiger partial charge on any atom is 0.251 e. The average molecular weight is 326 g/mol. The van der Waals surface area contributed by atoms with Crippen molar-refractivity contribution in [1.82, 2.24) is 19.8 Å². The summed E-state index contributed by atoms with van der Waals surface area (Å²) in [6, 6.07) is 6.21. The van der Waals surface area contributed by atoms with Crippen molar-refractivity contribution < 1.29 is 4.79 Å². The molecular weight excluding hydrogens is 300 g/mol. The van der Waals surface area contributed by atoms with Crippen molar-refractivity contribution in [3.05, 3.63) is 54.1 Å². The van der Waals surface area contributed by atoms with Crippen molar-refractivity contribution in [2.45, 2.75) is 32.9 Å². The molecule has 0 spiro atoms. The third-order valence-corrected chi connectivity index (χ3v) is 4.64. The van der Waals surface area contributed by atoms with Gasteiger partial charge in [0.2, 0.25) is 0 Å². The third-order valence-electron chi connectivity index (χ3n) is 4.64. The van der Waals surface area contributed by atoms with Gasteiger partial charge in [0.15, 0.2) is 0 Å². The maximum atomic E-state index is 12.1. The fourth-order valence-electron chi connectivity index (χ4n) is 3.20. The van der Waals surface area contributed by atoms with Crippen molar-refractivity contribution in [2.75, 3.05) is 19.6 Å². The lowest BCUT2D eigenvalue weighted by atomic mass is 10.1. The van der Waals surface area contributed by atoms with E-state index >= 15 is 0 Å². The summed E-state index contributed by atoms with van der Waals surface area (Å²) < 4.78 is 2.25. The normalized spacial score (nSPS) is 18.2. The first-order valence-corrected chi connectivity index (χ1v) is 8.69. The zero-order valence-corrected chi connectivity index (χ0v) is 14.5. The smallest absolute Gasteiger partial charge is 0.251 e. The number of aromatic nitrogens is 2. The summed E-state index contributed by atoms with van der Waals surface area (Å²) in [5.74, 6) is 0.521. The Morgan fingerprint density at radius 1 is 1.33 bits per heavy atom. The summed E-state index contributed by atoms with van der Waals surface area (Å²) in [4.78, 5) is 18.5. The molecule has 0 saturated carbocycles. The highest BCUT2D eigenvalue weighted by atomic mass is 16.1. The van der Waals surface area contributed by atoms with Crippen LogP contribution in [0.4, 0.5) is 0 Å². The Balaban J connectivity index is 1.44. The zero-order chi connectivity index (χ0) is 16.9. The summed E-state index contributed by atoms with van der Waals surface area (Å²) in [5.41, 5.74) is 2.04. The Kier molecular flexibility index (Phi) is 5.30. The maximum absolute atomic E-state index is 12.1. The van der Waals surface area contributed by atoms with Crippen LogP contribution in [-0.4, -0.2) is 40.0 Å². The zero-order valence-electron chi connectivity index (χ0n) is 14.5. The molecule has 0 aliphatic carbocycles. The topological polar surface area (TPSA) is 50.2 Å². The summed E-state index contributed by atoms with van der Waals surface area (Å²) in [7, 11) is 0. The van der Waals surface area contributed by atoms with E-state index in [2.05, 4.69) is 52.1 Å².